The molecule has 0 aliphatic carbocycles. The highest BCUT2D eigenvalue weighted by atomic mass is 32.3. The zero-order chi connectivity index (χ0) is 30.8. The molecule has 0 unspecified atom stereocenters. The second kappa shape index (κ2) is 11.8. The number of aromatic hydroxyl groups is 1. The summed E-state index contributed by atoms with van der Waals surface area (Å²) in [6, 6.07) is 6.22. The van der Waals surface area contributed by atoms with E-state index >= 15 is 0 Å². The largest absolute Gasteiger partial charge is 0.495 e. The van der Waals surface area contributed by atoms with Crippen molar-refractivity contribution in [3.63, 3.8) is 0 Å². The van der Waals surface area contributed by atoms with Crippen molar-refractivity contribution in [2.24, 2.45) is 10.2 Å². The molecule has 1 aromatic heterocycles. The van der Waals surface area contributed by atoms with Crippen LogP contribution in [-0.4, -0.2) is 86.9 Å². The molecule has 0 amide bonds. The highest BCUT2D eigenvalue weighted by Gasteiger charge is 2.26. The minimum absolute atomic E-state index is 0.00867. The fraction of sp³-hybridized carbons (Fsp3) is 0.200. The molecule has 222 valence electrons. The average molecular weight is 637 g/mol. The van der Waals surface area contributed by atoms with Gasteiger partial charge in [-0.3, -0.25) is 9.11 Å². The molecular weight excluding hydrogens is 616 g/mol. The van der Waals surface area contributed by atoms with Gasteiger partial charge in [0.25, 0.3) is 10.1 Å². The SMILES string of the molecule is COc1cc(S(=O)(=O)CCOS(=O)(=O)O)c(OC)cc1/N=N/c1c(C(=O)O)nn(-c2ccc(S(=O)(=O)O)cc2)c1O. The lowest BCUT2D eigenvalue weighted by molar-refractivity contribution is 0.0690. The first kappa shape index (κ1) is 31.4. The third-order valence-corrected chi connectivity index (χ3v) is 8.09. The normalized spacial score (nSPS) is 12.5. The molecule has 0 aliphatic rings. The van der Waals surface area contributed by atoms with Crippen molar-refractivity contribution < 1.29 is 63.0 Å². The van der Waals surface area contributed by atoms with Crippen molar-refractivity contribution in [2.45, 2.75) is 9.79 Å². The van der Waals surface area contributed by atoms with Crippen molar-refractivity contribution in [2.75, 3.05) is 26.6 Å². The predicted molar refractivity (Wildman–Crippen MR) is 135 cm³/mol. The smallest absolute Gasteiger partial charge is 0.397 e. The summed E-state index contributed by atoms with van der Waals surface area (Å²) in [5, 5.41) is 31.5. The first-order valence-corrected chi connectivity index (χ1v) is 15.1. The van der Waals surface area contributed by atoms with Crippen molar-refractivity contribution in [1.29, 1.82) is 0 Å². The van der Waals surface area contributed by atoms with Gasteiger partial charge in [0.1, 0.15) is 22.1 Å². The lowest BCUT2D eigenvalue weighted by atomic mass is 10.3. The Hall–Kier alpha value is -4.15. The van der Waals surface area contributed by atoms with Gasteiger partial charge in [-0.25, -0.2) is 17.4 Å². The van der Waals surface area contributed by atoms with Gasteiger partial charge in [-0.15, -0.1) is 10.2 Å². The molecule has 3 rings (SSSR count). The van der Waals surface area contributed by atoms with Gasteiger partial charge >= 0.3 is 16.4 Å². The highest BCUT2D eigenvalue weighted by Crippen LogP contribution is 2.40. The molecular formula is C20H20N4O14S3. The molecule has 0 atom stereocenters. The third kappa shape index (κ3) is 7.33. The number of azo groups is 1. The fourth-order valence-electron chi connectivity index (χ4n) is 3.21. The predicted octanol–water partition coefficient (Wildman–Crippen LogP) is 1.55. The van der Waals surface area contributed by atoms with Crippen molar-refractivity contribution >= 4 is 47.7 Å². The Morgan fingerprint density at radius 2 is 1.56 bits per heavy atom. The van der Waals surface area contributed by atoms with Crippen LogP contribution in [0, 0.1) is 0 Å². The number of hydrogen-bond acceptors (Lipinski definition) is 14. The Morgan fingerprint density at radius 1 is 0.951 bits per heavy atom. The number of benzene rings is 2. The van der Waals surface area contributed by atoms with Gasteiger partial charge in [0.2, 0.25) is 11.6 Å². The van der Waals surface area contributed by atoms with Gasteiger partial charge in [0.15, 0.2) is 15.5 Å². The number of methoxy groups -OCH3 is 2. The lowest BCUT2D eigenvalue weighted by Crippen LogP contribution is -2.16. The second-order valence-electron chi connectivity index (χ2n) is 7.65. The van der Waals surface area contributed by atoms with Crippen molar-refractivity contribution in [1.82, 2.24) is 9.78 Å². The maximum absolute atomic E-state index is 12.7. The molecule has 0 fully saturated rings. The van der Waals surface area contributed by atoms with E-state index in [2.05, 4.69) is 19.5 Å². The van der Waals surface area contributed by atoms with Crippen LogP contribution in [0.5, 0.6) is 17.4 Å². The van der Waals surface area contributed by atoms with Gasteiger partial charge < -0.3 is 19.7 Å². The topological polar surface area (TPSA) is 271 Å². The third-order valence-electron chi connectivity index (χ3n) is 5.06. The molecule has 41 heavy (non-hydrogen) atoms. The van der Waals surface area contributed by atoms with E-state index in [1.54, 1.807) is 0 Å². The van der Waals surface area contributed by atoms with Crippen LogP contribution in [0.4, 0.5) is 11.4 Å². The number of carboxylic acids is 1. The van der Waals surface area contributed by atoms with Crippen molar-refractivity contribution in [3.05, 3.63) is 42.1 Å². The fourth-order valence-corrected chi connectivity index (χ4v) is 5.35. The van der Waals surface area contributed by atoms with Crippen LogP contribution in [0.1, 0.15) is 10.5 Å². The van der Waals surface area contributed by atoms with Crippen molar-refractivity contribution in [3.8, 4) is 23.1 Å². The minimum atomic E-state index is -4.89. The molecule has 4 N–H and O–H groups in total. The minimum Gasteiger partial charge on any atom is -0.495 e. The molecule has 0 aliphatic heterocycles. The number of aromatic nitrogens is 2. The number of hydrogen-bond donors (Lipinski definition) is 4. The zero-order valence-electron chi connectivity index (χ0n) is 20.8. The molecule has 2 aromatic carbocycles. The van der Waals surface area contributed by atoms with E-state index in [-0.39, 0.29) is 22.9 Å². The number of rotatable bonds is 12. The van der Waals surface area contributed by atoms with Crippen LogP contribution in [0.3, 0.4) is 0 Å². The van der Waals surface area contributed by atoms with Crippen LogP contribution in [0.25, 0.3) is 5.69 Å². The number of carbonyl (C=O) groups is 1. The Labute approximate surface area is 232 Å². The van der Waals surface area contributed by atoms with E-state index in [0.717, 1.165) is 50.6 Å². The molecule has 0 saturated heterocycles. The summed E-state index contributed by atoms with van der Waals surface area (Å²) in [6.45, 7) is -0.909. The Bertz CT molecular complexity index is 1830. The number of sulfone groups is 1. The summed E-state index contributed by atoms with van der Waals surface area (Å²) in [4.78, 5) is 10.8. The molecule has 18 nitrogen and oxygen atoms in total. The van der Waals surface area contributed by atoms with E-state index in [1.807, 2.05) is 0 Å². The first-order valence-electron chi connectivity index (χ1n) is 10.6. The summed E-state index contributed by atoms with van der Waals surface area (Å²) in [5.74, 6) is -3.85. The molecule has 21 heteroatoms. The monoisotopic (exact) mass is 636 g/mol. The molecule has 3 aromatic rings. The van der Waals surface area contributed by atoms with Gasteiger partial charge in [0, 0.05) is 12.1 Å². The lowest BCUT2D eigenvalue weighted by Gasteiger charge is -2.13. The standard InChI is InChI=1S/C20H20N4O14S3/c1-36-14-10-16(39(28,29)8-7-38-41(33,34)35)15(37-2)9-13(14)21-22-17-18(20(26)27)23-24(19(17)25)11-3-5-12(6-4-11)40(30,31)32/h3-6,9-10,25H,7-8H2,1-2H3,(H,26,27)(H,30,31,32)(H,33,34,35)/b22-21+. The Balaban J connectivity index is 2.04. The summed E-state index contributed by atoms with van der Waals surface area (Å²) in [5.41, 5.74) is -1.62. The molecule has 0 spiro atoms. The Morgan fingerprint density at radius 3 is 2.07 bits per heavy atom. The number of aromatic carboxylic acids is 1. The number of ether oxygens (including phenoxy) is 2. The Kier molecular flexibility index (Phi) is 9.00. The first-order chi connectivity index (χ1) is 19.0. The highest BCUT2D eigenvalue weighted by molar-refractivity contribution is 7.91. The maximum atomic E-state index is 12.7. The van der Waals surface area contributed by atoms with Crippen LogP contribution in [0.15, 0.2) is 56.4 Å². The van der Waals surface area contributed by atoms with Gasteiger partial charge in [-0.1, -0.05) is 0 Å². The maximum Gasteiger partial charge on any atom is 0.397 e. The molecule has 1 heterocycles. The average Bonchev–Trinajstić information content (AvgIpc) is 3.21. The number of nitrogens with zero attached hydrogens (tertiary/aromatic N) is 4. The summed E-state index contributed by atoms with van der Waals surface area (Å²) >= 11 is 0. The van der Waals surface area contributed by atoms with Crippen LogP contribution in [-0.2, 0) is 34.5 Å². The van der Waals surface area contributed by atoms with Crippen LogP contribution < -0.4 is 9.47 Å². The summed E-state index contributed by atoms with van der Waals surface area (Å²) in [6.07, 6.45) is 0. The molecule has 0 saturated carbocycles. The van der Waals surface area contributed by atoms with E-state index < -0.39 is 75.7 Å². The molecule has 0 bridgehead atoms. The zero-order valence-corrected chi connectivity index (χ0v) is 23.2. The molecule has 0 radical (unpaired) electrons. The quantitative estimate of drug-likeness (QED) is 0.162. The van der Waals surface area contributed by atoms with Crippen LogP contribution >= 0.6 is 0 Å². The number of carboxylic acid groups (broad SMARTS) is 1. The van der Waals surface area contributed by atoms with Gasteiger partial charge in [0.05, 0.1) is 37.2 Å². The van der Waals surface area contributed by atoms with Crippen LogP contribution in [0.2, 0.25) is 0 Å². The second-order valence-corrected chi connectivity index (χ2v) is 12.2. The van der Waals surface area contributed by atoms with E-state index in [4.69, 9.17) is 18.6 Å². The summed E-state index contributed by atoms with van der Waals surface area (Å²) < 4.78 is 102. The van der Waals surface area contributed by atoms with Gasteiger partial charge in [-0.05, 0) is 24.3 Å². The summed E-state index contributed by atoms with van der Waals surface area (Å²) in [7, 11) is -11.4. The van der Waals surface area contributed by atoms with E-state index in [1.165, 1.54) is 0 Å². The van der Waals surface area contributed by atoms with Gasteiger partial charge in [-0.2, -0.15) is 26.6 Å². The van der Waals surface area contributed by atoms with E-state index in [0.29, 0.717) is 4.68 Å². The van der Waals surface area contributed by atoms with E-state index in [9.17, 15) is 40.3 Å².